The van der Waals surface area contributed by atoms with Crippen LogP contribution >= 0.6 is 0 Å². The van der Waals surface area contributed by atoms with Crippen LogP contribution < -0.4 is 4.90 Å². The van der Waals surface area contributed by atoms with Crippen molar-refractivity contribution in [3.8, 4) is 55.6 Å². The molecule has 0 fully saturated rings. The molecule has 322 valence electrons. The van der Waals surface area contributed by atoms with E-state index in [9.17, 15) is 0 Å². The van der Waals surface area contributed by atoms with E-state index in [0.29, 0.717) is 0 Å². The molecule has 1 nitrogen and oxygen atoms in total. The summed E-state index contributed by atoms with van der Waals surface area (Å²) in [5, 5.41) is 0. The third kappa shape index (κ3) is 5.65. The number of benzene rings is 11. The minimum atomic E-state index is -0.545. The van der Waals surface area contributed by atoms with Gasteiger partial charge in [-0.15, -0.1) is 0 Å². The molecule has 11 aromatic rings. The highest BCUT2D eigenvalue weighted by Crippen LogP contribution is 2.64. The van der Waals surface area contributed by atoms with Crippen molar-refractivity contribution in [1.82, 2.24) is 0 Å². The van der Waals surface area contributed by atoms with Crippen LogP contribution in [0, 0.1) is 0 Å². The fourth-order valence-electron chi connectivity index (χ4n) is 12.6. The van der Waals surface area contributed by atoms with Gasteiger partial charge in [0.2, 0.25) is 0 Å². The van der Waals surface area contributed by atoms with E-state index in [4.69, 9.17) is 0 Å². The summed E-state index contributed by atoms with van der Waals surface area (Å²) in [5.41, 5.74) is 25.2. The molecule has 1 spiro atoms. The lowest BCUT2D eigenvalue weighted by Gasteiger charge is -2.35. The lowest BCUT2D eigenvalue weighted by atomic mass is 9.67. The molecule has 0 radical (unpaired) electrons. The molecule has 11 aromatic carbocycles. The largest absolute Gasteiger partial charge is 0.310 e. The molecule has 0 atom stereocenters. The SMILES string of the molecule is c1ccc(-c2cccc(-c3cccc(N(c4ccc5c(c4)C(c4ccccc4)(c4ccccc4)c4ccccc4-5)c4ccc5c(c4)C4(c6ccccc6-c6ccccc64)c4ccccc4-5)c3)c2)cc1. The minimum Gasteiger partial charge on any atom is -0.310 e. The molecule has 0 aliphatic heterocycles. The Labute approximate surface area is 403 Å². The molecule has 0 saturated carbocycles. The molecule has 0 amide bonds. The van der Waals surface area contributed by atoms with E-state index in [2.05, 4.69) is 278 Å². The van der Waals surface area contributed by atoms with E-state index >= 15 is 0 Å². The van der Waals surface area contributed by atoms with Crippen LogP contribution in [0.2, 0.25) is 0 Å². The molecule has 1 heteroatoms. The second kappa shape index (κ2) is 15.4. The van der Waals surface area contributed by atoms with Gasteiger partial charge >= 0.3 is 0 Å². The lowest BCUT2D eigenvalue weighted by molar-refractivity contribution is 0.768. The van der Waals surface area contributed by atoms with Gasteiger partial charge in [-0.25, -0.2) is 0 Å². The van der Waals surface area contributed by atoms with Crippen molar-refractivity contribution >= 4 is 17.1 Å². The Hall–Kier alpha value is -8.78. The van der Waals surface area contributed by atoms with Gasteiger partial charge in [0.1, 0.15) is 0 Å². The fraction of sp³-hybridized carbons (Fsp3) is 0.0294. The van der Waals surface area contributed by atoms with Crippen LogP contribution in [0.1, 0.15) is 44.5 Å². The smallest absolute Gasteiger partial charge is 0.0726 e. The molecule has 0 N–H and O–H groups in total. The second-order valence-corrected chi connectivity index (χ2v) is 18.7. The minimum absolute atomic E-state index is 0.476. The zero-order chi connectivity index (χ0) is 45.5. The lowest BCUT2D eigenvalue weighted by Crippen LogP contribution is -2.28. The van der Waals surface area contributed by atoms with Gasteiger partial charge in [0, 0.05) is 17.1 Å². The van der Waals surface area contributed by atoms with E-state index in [1.54, 1.807) is 0 Å². The highest BCUT2D eigenvalue weighted by atomic mass is 15.1. The maximum Gasteiger partial charge on any atom is 0.0726 e. The van der Waals surface area contributed by atoms with Gasteiger partial charge in [-0.3, -0.25) is 0 Å². The van der Waals surface area contributed by atoms with Crippen molar-refractivity contribution in [2.24, 2.45) is 0 Å². The number of rotatable bonds is 7. The van der Waals surface area contributed by atoms with E-state index in [1.165, 1.54) is 94.6 Å². The average Bonchev–Trinajstić information content (AvgIpc) is 4.02. The molecule has 0 unspecified atom stereocenters. The molecular weight excluding hydrogens is 831 g/mol. The van der Waals surface area contributed by atoms with Crippen LogP contribution in [0.5, 0.6) is 0 Å². The first-order chi connectivity index (χ1) is 34.2. The van der Waals surface area contributed by atoms with Crippen molar-refractivity contribution < 1.29 is 0 Å². The highest BCUT2D eigenvalue weighted by molar-refractivity contribution is 5.97. The summed E-state index contributed by atoms with van der Waals surface area (Å²) >= 11 is 0. The van der Waals surface area contributed by atoms with Crippen molar-refractivity contribution in [1.29, 1.82) is 0 Å². The summed E-state index contributed by atoms with van der Waals surface area (Å²) in [6.07, 6.45) is 0. The Bertz CT molecular complexity index is 3580. The highest BCUT2D eigenvalue weighted by Gasteiger charge is 2.52. The standard InChI is InChI=1S/C68H45N/c1-4-20-46(21-5-1)47-22-18-23-48(42-47)49-24-19-29-52(43-49)69(53-38-40-59-57-32-10-14-34-61(57)67(65(59)44-53,50-25-6-2-7-26-50)51-27-8-3-9-28-51)54-39-41-60-58-33-13-17-37-64(58)68(66(60)45-54)62-35-15-11-30-55(62)56-31-12-16-36-63(56)68/h1-45H. The molecule has 0 saturated heterocycles. The summed E-state index contributed by atoms with van der Waals surface area (Å²) in [7, 11) is 0. The quantitative estimate of drug-likeness (QED) is 0.154. The van der Waals surface area contributed by atoms with Gasteiger partial charge in [-0.1, -0.05) is 231 Å². The van der Waals surface area contributed by atoms with Crippen molar-refractivity contribution in [3.05, 3.63) is 317 Å². The number of hydrogen-bond acceptors (Lipinski definition) is 1. The maximum atomic E-state index is 2.51. The summed E-state index contributed by atoms with van der Waals surface area (Å²) < 4.78 is 0. The van der Waals surface area contributed by atoms with Gasteiger partial charge in [-0.2, -0.15) is 0 Å². The zero-order valence-electron chi connectivity index (χ0n) is 37.9. The van der Waals surface area contributed by atoms with Crippen LogP contribution in [-0.2, 0) is 10.8 Å². The van der Waals surface area contributed by atoms with Crippen molar-refractivity contribution in [2.75, 3.05) is 4.90 Å². The zero-order valence-corrected chi connectivity index (χ0v) is 37.9. The average molecular weight is 876 g/mol. The van der Waals surface area contributed by atoms with Crippen LogP contribution in [0.25, 0.3) is 55.6 Å². The van der Waals surface area contributed by atoms with E-state index in [0.717, 1.165) is 22.6 Å². The van der Waals surface area contributed by atoms with Crippen molar-refractivity contribution in [3.63, 3.8) is 0 Å². The summed E-state index contributed by atoms with van der Waals surface area (Å²) in [4.78, 5) is 2.51. The molecule has 0 aromatic heterocycles. The van der Waals surface area contributed by atoms with Gasteiger partial charge in [0.05, 0.1) is 10.8 Å². The number of anilines is 3. The van der Waals surface area contributed by atoms with Crippen LogP contribution in [-0.4, -0.2) is 0 Å². The Morgan fingerprint density at radius 3 is 1.03 bits per heavy atom. The monoisotopic (exact) mass is 875 g/mol. The Kier molecular flexibility index (Phi) is 8.78. The second-order valence-electron chi connectivity index (χ2n) is 18.7. The van der Waals surface area contributed by atoms with E-state index < -0.39 is 10.8 Å². The summed E-state index contributed by atoms with van der Waals surface area (Å²) in [6.45, 7) is 0. The Balaban J connectivity index is 1.03. The predicted molar refractivity (Wildman–Crippen MR) is 286 cm³/mol. The molecule has 3 aliphatic rings. The molecule has 69 heavy (non-hydrogen) atoms. The topological polar surface area (TPSA) is 3.24 Å². The molecule has 3 aliphatic carbocycles. The molecule has 0 bridgehead atoms. The fourth-order valence-corrected chi connectivity index (χ4v) is 12.6. The van der Waals surface area contributed by atoms with Gasteiger partial charge < -0.3 is 4.90 Å². The van der Waals surface area contributed by atoms with Crippen LogP contribution in [0.3, 0.4) is 0 Å². The maximum absolute atomic E-state index is 2.51. The van der Waals surface area contributed by atoms with Crippen LogP contribution in [0.15, 0.2) is 273 Å². The van der Waals surface area contributed by atoms with Crippen molar-refractivity contribution in [2.45, 2.75) is 10.8 Å². The first kappa shape index (κ1) is 39.4. The first-order valence-corrected chi connectivity index (χ1v) is 24.1. The number of nitrogens with zero attached hydrogens (tertiary/aromatic N) is 1. The Morgan fingerprint density at radius 2 is 0.536 bits per heavy atom. The summed E-state index contributed by atoms with van der Waals surface area (Å²) in [5.74, 6) is 0. The van der Waals surface area contributed by atoms with Crippen LogP contribution in [0.4, 0.5) is 17.1 Å². The predicted octanol–water partition coefficient (Wildman–Crippen LogP) is 17.2. The van der Waals surface area contributed by atoms with E-state index in [-0.39, 0.29) is 0 Å². The Morgan fingerprint density at radius 1 is 0.203 bits per heavy atom. The first-order valence-electron chi connectivity index (χ1n) is 24.1. The number of hydrogen-bond donors (Lipinski definition) is 0. The third-order valence-corrected chi connectivity index (χ3v) is 15.3. The van der Waals surface area contributed by atoms with Gasteiger partial charge in [-0.05, 0) is 143 Å². The number of fused-ring (bicyclic) bond motifs is 13. The third-order valence-electron chi connectivity index (χ3n) is 15.3. The van der Waals surface area contributed by atoms with E-state index in [1.807, 2.05) is 0 Å². The van der Waals surface area contributed by atoms with Gasteiger partial charge in [0.25, 0.3) is 0 Å². The molecular formula is C68H45N. The summed E-state index contributed by atoms with van der Waals surface area (Å²) in [6, 6.07) is 102. The van der Waals surface area contributed by atoms with Gasteiger partial charge in [0.15, 0.2) is 0 Å². The molecule has 0 heterocycles. The molecule has 14 rings (SSSR count). The normalized spacial score (nSPS) is 13.7.